The van der Waals surface area contributed by atoms with Gasteiger partial charge in [-0.3, -0.25) is 4.79 Å². The van der Waals surface area contributed by atoms with Gasteiger partial charge in [-0.2, -0.15) is 18.4 Å². The van der Waals surface area contributed by atoms with Crippen LogP contribution in [0.3, 0.4) is 0 Å². The first-order valence-electron chi connectivity index (χ1n) is 9.17. The van der Waals surface area contributed by atoms with E-state index in [1.165, 1.54) is 18.2 Å². The molecule has 1 N–H and O–H groups in total. The van der Waals surface area contributed by atoms with Gasteiger partial charge in [-0.15, -0.1) is 0 Å². The Morgan fingerprint density at radius 2 is 1.77 bits per heavy atom. The lowest BCUT2D eigenvalue weighted by atomic mass is 10.1. The van der Waals surface area contributed by atoms with Crippen LogP contribution in [-0.2, 0) is 11.0 Å². The minimum Gasteiger partial charge on any atom is -0.494 e. The van der Waals surface area contributed by atoms with E-state index in [9.17, 15) is 18.0 Å². The Hall–Kier alpha value is -2.37. The maximum absolute atomic E-state index is 12.3. The Morgan fingerprint density at radius 3 is 2.17 bits per heavy atom. The summed E-state index contributed by atoms with van der Waals surface area (Å²) in [7, 11) is 0. The van der Waals surface area contributed by atoms with Crippen LogP contribution in [0.5, 0.6) is 5.75 Å². The predicted octanol–water partition coefficient (Wildman–Crippen LogP) is 6.08. The van der Waals surface area contributed by atoms with E-state index in [2.05, 4.69) is 15.9 Å². The monoisotopic (exact) mass is 487 g/mol. The Bertz CT molecular complexity index is 816. The average molecular weight is 488 g/mol. The summed E-state index contributed by atoms with van der Waals surface area (Å²) in [5.41, 5.74) is -0.709. The Morgan fingerprint density at radius 1 is 1.17 bits per heavy atom. The fraction of sp³-hybridized carbons (Fsp3) is 0.364. The van der Waals surface area contributed by atoms with Crippen LogP contribution in [0.4, 0.5) is 13.2 Å². The highest BCUT2D eigenvalue weighted by Crippen LogP contribution is 2.32. The summed E-state index contributed by atoms with van der Waals surface area (Å²) in [6.07, 6.45) is -3.10. The lowest BCUT2D eigenvalue weighted by Crippen LogP contribution is -2.07. The van der Waals surface area contributed by atoms with Gasteiger partial charge in [0, 0.05) is 10.9 Å². The van der Waals surface area contributed by atoms with Gasteiger partial charge in [-0.1, -0.05) is 34.5 Å². The first-order chi connectivity index (χ1) is 14.1. The van der Waals surface area contributed by atoms with Crippen LogP contribution in [0.25, 0.3) is 0 Å². The van der Waals surface area contributed by atoms with Crippen LogP contribution in [-0.4, -0.2) is 24.1 Å². The molecule has 0 radical (unpaired) electrons. The molecule has 8 heteroatoms. The van der Waals surface area contributed by atoms with Crippen LogP contribution in [0.15, 0.2) is 46.9 Å². The number of aliphatic hydroxyl groups is 1. The lowest BCUT2D eigenvalue weighted by Gasteiger charge is -2.08. The van der Waals surface area contributed by atoms with E-state index in [1.54, 1.807) is 6.92 Å². The van der Waals surface area contributed by atoms with Crippen molar-refractivity contribution in [1.82, 2.24) is 0 Å². The van der Waals surface area contributed by atoms with E-state index < -0.39 is 11.7 Å². The summed E-state index contributed by atoms with van der Waals surface area (Å²) in [6.45, 7) is 5.86. The molecule has 0 unspecified atom stereocenters. The zero-order chi connectivity index (χ0) is 23.2. The van der Waals surface area contributed by atoms with E-state index in [4.69, 9.17) is 15.1 Å². The van der Waals surface area contributed by atoms with Crippen molar-refractivity contribution in [3.8, 4) is 11.8 Å². The molecule has 0 bridgehead atoms. The largest absolute Gasteiger partial charge is 0.494 e. The van der Waals surface area contributed by atoms with Gasteiger partial charge < -0.3 is 9.84 Å². The highest BCUT2D eigenvalue weighted by atomic mass is 79.9. The molecule has 164 valence electrons. The highest BCUT2D eigenvalue weighted by Gasteiger charge is 2.33. The second-order valence-electron chi connectivity index (χ2n) is 5.99. The number of carbonyl (C=O) groups is 1. The summed E-state index contributed by atoms with van der Waals surface area (Å²) in [6, 6.07) is 12.9. The molecule has 0 saturated heterocycles. The number of alkyl halides is 3. The third-order valence-corrected chi connectivity index (χ3v) is 3.96. The van der Waals surface area contributed by atoms with Gasteiger partial charge in [-0.05, 0) is 56.7 Å². The van der Waals surface area contributed by atoms with E-state index in [-0.39, 0.29) is 18.0 Å². The van der Waals surface area contributed by atoms with Gasteiger partial charge in [0.05, 0.1) is 23.8 Å². The molecule has 0 spiro atoms. The lowest BCUT2D eigenvalue weighted by molar-refractivity contribution is -0.137. The maximum atomic E-state index is 12.3. The van der Waals surface area contributed by atoms with Crippen LogP contribution < -0.4 is 4.74 Å². The quantitative estimate of drug-likeness (QED) is 0.554. The number of hydrogen-bond acceptors (Lipinski definition) is 4. The predicted molar refractivity (Wildman–Crippen MR) is 113 cm³/mol. The van der Waals surface area contributed by atoms with Crippen molar-refractivity contribution in [3.05, 3.63) is 63.6 Å². The Kier molecular flexibility index (Phi) is 13.4. The van der Waals surface area contributed by atoms with Crippen molar-refractivity contribution in [2.24, 2.45) is 0 Å². The van der Waals surface area contributed by atoms with Gasteiger partial charge in [0.1, 0.15) is 12.4 Å². The molecule has 2 aromatic rings. The minimum absolute atomic E-state index is 0.0671. The molecule has 0 heterocycles. The van der Waals surface area contributed by atoms with Crippen molar-refractivity contribution in [2.45, 2.75) is 39.8 Å². The van der Waals surface area contributed by atoms with E-state index in [0.717, 1.165) is 29.3 Å². The van der Waals surface area contributed by atoms with Crippen LogP contribution >= 0.6 is 15.9 Å². The molecule has 0 aliphatic carbocycles. The Balaban J connectivity index is 0.000000442. The number of hydrogen-bond donors (Lipinski definition) is 1. The van der Waals surface area contributed by atoms with Gasteiger partial charge in [0.2, 0.25) is 0 Å². The summed E-state index contributed by atoms with van der Waals surface area (Å²) in [5, 5.41) is 16.5. The molecule has 0 atom stereocenters. The minimum atomic E-state index is -4.45. The molecule has 0 amide bonds. The van der Waals surface area contributed by atoms with Crippen LogP contribution in [0.1, 0.15) is 43.4 Å². The maximum Gasteiger partial charge on any atom is 0.417 e. The summed E-state index contributed by atoms with van der Waals surface area (Å²) >= 11 is 3.34. The van der Waals surface area contributed by atoms with E-state index in [0.29, 0.717) is 12.0 Å². The molecule has 0 saturated carbocycles. The molecular weight excluding hydrogens is 463 g/mol. The first-order valence-corrected chi connectivity index (χ1v) is 9.97. The number of rotatable bonds is 5. The summed E-state index contributed by atoms with van der Waals surface area (Å²) < 4.78 is 43.1. The molecule has 0 aromatic heterocycles. The number of aryl methyl sites for hydroxylation is 1. The molecule has 0 aliphatic rings. The fourth-order valence-electron chi connectivity index (χ4n) is 2.05. The van der Waals surface area contributed by atoms with Crippen molar-refractivity contribution in [1.29, 1.82) is 5.26 Å². The van der Waals surface area contributed by atoms with Crippen molar-refractivity contribution >= 4 is 21.7 Å². The zero-order valence-corrected chi connectivity index (χ0v) is 18.7. The first kappa shape index (κ1) is 27.6. The van der Waals surface area contributed by atoms with Crippen LogP contribution in [0.2, 0.25) is 0 Å². The second kappa shape index (κ2) is 14.6. The molecule has 0 fully saturated rings. The summed E-state index contributed by atoms with van der Waals surface area (Å²) in [4.78, 5) is 10.2. The second-order valence-corrected chi connectivity index (χ2v) is 6.91. The number of ether oxygens (including phenoxy) is 1. The standard InChI is InChI=1S/C9H6F3N.C8H9BrO.C5H10O2/c1-6-2-3-7(5-13)8(4-6)9(10,11)12;1-2-10-8-5-3-7(9)4-6-8;1-2-3-5(7)4-6/h2-4H,1H3;3-6H,2H2,1H3;6H,2-4H2,1H3. The number of halogens is 4. The van der Waals surface area contributed by atoms with E-state index >= 15 is 0 Å². The van der Waals surface area contributed by atoms with Gasteiger partial charge in [0.15, 0.2) is 5.78 Å². The number of nitriles is 1. The van der Waals surface area contributed by atoms with E-state index in [1.807, 2.05) is 38.1 Å². The topological polar surface area (TPSA) is 70.3 Å². The van der Waals surface area contributed by atoms with Gasteiger partial charge >= 0.3 is 6.18 Å². The van der Waals surface area contributed by atoms with Gasteiger partial charge in [-0.25, -0.2) is 0 Å². The van der Waals surface area contributed by atoms with Crippen molar-refractivity contribution in [3.63, 3.8) is 0 Å². The number of carbonyl (C=O) groups excluding carboxylic acids is 1. The number of aliphatic hydroxyl groups excluding tert-OH is 1. The number of benzene rings is 2. The van der Waals surface area contributed by atoms with Crippen molar-refractivity contribution < 1.29 is 27.8 Å². The zero-order valence-electron chi connectivity index (χ0n) is 17.1. The average Bonchev–Trinajstić information content (AvgIpc) is 2.70. The number of Topliss-reactive ketones (excluding diaryl/α,β-unsaturated/α-hetero) is 1. The Labute approximate surface area is 183 Å². The fourth-order valence-corrected chi connectivity index (χ4v) is 2.31. The molecule has 4 nitrogen and oxygen atoms in total. The molecule has 2 aromatic carbocycles. The molecule has 2 rings (SSSR count). The number of nitrogens with zero attached hydrogens (tertiary/aromatic N) is 1. The SMILES string of the molecule is CCCC(=O)CO.CCOc1ccc(Br)cc1.Cc1ccc(C#N)c(C(F)(F)F)c1. The smallest absolute Gasteiger partial charge is 0.417 e. The molecular formula is C22H25BrF3NO3. The highest BCUT2D eigenvalue weighted by molar-refractivity contribution is 9.10. The number of ketones is 1. The third kappa shape index (κ3) is 11.6. The molecule has 30 heavy (non-hydrogen) atoms. The normalized spacial score (nSPS) is 9.97. The molecule has 0 aliphatic heterocycles. The summed E-state index contributed by atoms with van der Waals surface area (Å²) in [5.74, 6) is 0.855. The third-order valence-electron chi connectivity index (χ3n) is 3.43. The van der Waals surface area contributed by atoms with Crippen LogP contribution in [0, 0.1) is 18.3 Å². The van der Waals surface area contributed by atoms with Crippen molar-refractivity contribution in [2.75, 3.05) is 13.2 Å². The van der Waals surface area contributed by atoms with Gasteiger partial charge in [0.25, 0.3) is 0 Å².